The SMILES string of the molecule is CCOC=Cn1ncc(C)c1N. The molecule has 0 aliphatic carbocycles. The summed E-state index contributed by atoms with van der Waals surface area (Å²) in [5.74, 6) is 0.644. The fraction of sp³-hybridized carbons (Fsp3) is 0.375. The van der Waals surface area contributed by atoms with E-state index < -0.39 is 0 Å². The molecular formula is C8H13N3O. The van der Waals surface area contributed by atoms with Gasteiger partial charge in [0.25, 0.3) is 0 Å². The van der Waals surface area contributed by atoms with Gasteiger partial charge in [0.1, 0.15) is 12.1 Å². The van der Waals surface area contributed by atoms with Gasteiger partial charge in [-0.3, -0.25) is 0 Å². The summed E-state index contributed by atoms with van der Waals surface area (Å²) in [5, 5.41) is 4.01. The highest BCUT2D eigenvalue weighted by Gasteiger charge is 1.98. The highest BCUT2D eigenvalue weighted by Crippen LogP contribution is 2.08. The zero-order valence-corrected chi connectivity index (χ0v) is 7.32. The lowest BCUT2D eigenvalue weighted by Gasteiger charge is -1.96. The minimum Gasteiger partial charge on any atom is -0.500 e. The summed E-state index contributed by atoms with van der Waals surface area (Å²) in [6, 6.07) is 0. The fourth-order valence-corrected chi connectivity index (χ4v) is 0.774. The summed E-state index contributed by atoms with van der Waals surface area (Å²) < 4.78 is 6.58. The number of aryl methyl sites for hydroxylation is 1. The maximum absolute atomic E-state index is 5.68. The van der Waals surface area contributed by atoms with Crippen LogP contribution >= 0.6 is 0 Å². The van der Waals surface area contributed by atoms with E-state index in [-0.39, 0.29) is 0 Å². The van der Waals surface area contributed by atoms with Crippen LogP contribution in [-0.2, 0) is 4.74 Å². The first-order chi connectivity index (χ1) is 5.75. The van der Waals surface area contributed by atoms with Crippen LogP contribution in [0.25, 0.3) is 6.20 Å². The molecule has 1 heterocycles. The van der Waals surface area contributed by atoms with Crippen molar-refractivity contribution in [1.82, 2.24) is 9.78 Å². The van der Waals surface area contributed by atoms with Crippen LogP contribution in [0.1, 0.15) is 12.5 Å². The molecule has 0 spiro atoms. The Morgan fingerprint density at radius 1 is 1.75 bits per heavy atom. The molecule has 0 atom stereocenters. The van der Waals surface area contributed by atoms with Gasteiger partial charge in [0.05, 0.1) is 19.0 Å². The number of hydrogen-bond donors (Lipinski definition) is 1. The number of anilines is 1. The maximum Gasteiger partial charge on any atom is 0.129 e. The molecule has 1 rings (SSSR count). The lowest BCUT2D eigenvalue weighted by Crippen LogP contribution is -1.97. The second kappa shape index (κ2) is 3.80. The summed E-state index contributed by atoms with van der Waals surface area (Å²) in [5.41, 5.74) is 6.65. The Hall–Kier alpha value is -1.45. The molecule has 0 aliphatic heterocycles. The number of rotatable bonds is 3. The van der Waals surface area contributed by atoms with Crippen molar-refractivity contribution in [3.05, 3.63) is 18.0 Å². The van der Waals surface area contributed by atoms with Crippen LogP contribution in [0, 0.1) is 6.92 Å². The number of nitrogens with two attached hydrogens (primary N) is 1. The topological polar surface area (TPSA) is 53.1 Å². The van der Waals surface area contributed by atoms with Crippen molar-refractivity contribution in [2.24, 2.45) is 0 Å². The molecule has 12 heavy (non-hydrogen) atoms. The third kappa shape index (κ3) is 1.78. The van der Waals surface area contributed by atoms with Gasteiger partial charge < -0.3 is 10.5 Å². The van der Waals surface area contributed by atoms with Gasteiger partial charge in [0.15, 0.2) is 0 Å². The van der Waals surface area contributed by atoms with Crippen molar-refractivity contribution < 1.29 is 4.74 Å². The lowest BCUT2D eigenvalue weighted by atomic mass is 10.4. The number of hydrogen-bond acceptors (Lipinski definition) is 3. The normalized spacial score (nSPS) is 10.8. The predicted octanol–water partition coefficient (Wildman–Crippen LogP) is 1.24. The van der Waals surface area contributed by atoms with Gasteiger partial charge in [-0.2, -0.15) is 5.10 Å². The van der Waals surface area contributed by atoms with E-state index >= 15 is 0 Å². The molecule has 0 amide bonds. The first kappa shape index (κ1) is 8.64. The summed E-state index contributed by atoms with van der Waals surface area (Å²) in [6.45, 7) is 4.48. The Morgan fingerprint density at radius 3 is 3.00 bits per heavy atom. The Kier molecular flexibility index (Phi) is 2.74. The molecule has 0 aromatic carbocycles. The lowest BCUT2D eigenvalue weighted by molar-refractivity contribution is 0.271. The van der Waals surface area contributed by atoms with E-state index in [2.05, 4.69) is 5.10 Å². The van der Waals surface area contributed by atoms with E-state index in [0.29, 0.717) is 12.4 Å². The minimum atomic E-state index is 0.644. The van der Waals surface area contributed by atoms with Crippen LogP contribution in [-0.4, -0.2) is 16.4 Å². The van der Waals surface area contributed by atoms with Crippen LogP contribution in [0.2, 0.25) is 0 Å². The highest BCUT2D eigenvalue weighted by molar-refractivity contribution is 5.43. The standard InChI is InChI=1S/C8H13N3O/c1-3-12-5-4-11-8(9)7(2)6-10-11/h4-6H,3,9H2,1-2H3. The van der Waals surface area contributed by atoms with Gasteiger partial charge in [-0.05, 0) is 13.8 Å². The second-order valence-electron chi connectivity index (χ2n) is 2.40. The van der Waals surface area contributed by atoms with E-state index in [0.717, 1.165) is 5.56 Å². The molecule has 0 saturated carbocycles. The van der Waals surface area contributed by atoms with E-state index in [1.807, 2.05) is 13.8 Å². The van der Waals surface area contributed by atoms with Crippen LogP contribution in [0.4, 0.5) is 5.82 Å². The first-order valence-electron chi connectivity index (χ1n) is 3.83. The van der Waals surface area contributed by atoms with Crippen LogP contribution in [0.15, 0.2) is 12.5 Å². The van der Waals surface area contributed by atoms with Gasteiger partial charge in [-0.1, -0.05) is 0 Å². The van der Waals surface area contributed by atoms with Crippen LogP contribution in [0.3, 0.4) is 0 Å². The average molecular weight is 167 g/mol. The number of nitrogen functional groups attached to an aromatic ring is 1. The van der Waals surface area contributed by atoms with Gasteiger partial charge in [-0.15, -0.1) is 0 Å². The Morgan fingerprint density at radius 2 is 2.50 bits per heavy atom. The highest BCUT2D eigenvalue weighted by atomic mass is 16.5. The van der Waals surface area contributed by atoms with Gasteiger partial charge in [-0.25, -0.2) is 4.68 Å². The third-order valence-electron chi connectivity index (χ3n) is 1.49. The predicted molar refractivity (Wildman–Crippen MR) is 48.3 cm³/mol. The molecule has 1 aromatic rings. The molecule has 0 saturated heterocycles. The van der Waals surface area contributed by atoms with Crippen molar-refractivity contribution in [3.8, 4) is 0 Å². The molecule has 2 N–H and O–H groups in total. The van der Waals surface area contributed by atoms with Gasteiger partial charge in [0, 0.05) is 5.56 Å². The van der Waals surface area contributed by atoms with Crippen molar-refractivity contribution in [2.75, 3.05) is 12.3 Å². The van der Waals surface area contributed by atoms with E-state index in [1.165, 1.54) is 0 Å². The zero-order valence-electron chi connectivity index (χ0n) is 7.32. The van der Waals surface area contributed by atoms with E-state index in [4.69, 9.17) is 10.5 Å². The smallest absolute Gasteiger partial charge is 0.129 e. The summed E-state index contributed by atoms with van der Waals surface area (Å²) in [6.07, 6.45) is 4.97. The van der Waals surface area contributed by atoms with Crippen LogP contribution in [0.5, 0.6) is 0 Å². The second-order valence-corrected chi connectivity index (χ2v) is 2.40. The average Bonchev–Trinajstić information content (AvgIpc) is 2.36. The molecule has 4 heteroatoms. The monoisotopic (exact) mass is 167 g/mol. The summed E-state index contributed by atoms with van der Waals surface area (Å²) >= 11 is 0. The molecule has 1 aromatic heterocycles. The van der Waals surface area contributed by atoms with Crippen molar-refractivity contribution in [1.29, 1.82) is 0 Å². The third-order valence-corrected chi connectivity index (χ3v) is 1.49. The number of ether oxygens (including phenoxy) is 1. The molecule has 0 unspecified atom stereocenters. The summed E-state index contributed by atoms with van der Waals surface area (Å²) in [7, 11) is 0. The molecule has 4 nitrogen and oxygen atoms in total. The summed E-state index contributed by atoms with van der Waals surface area (Å²) in [4.78, 5) is 0. The van der Waals surface area contributed by atoms with Gasteiger partial charge in [0.2, 0.25) is 0 Å². The zero-order chi connectivity index (χ0) is 8.97. The first-order valence-corrected chi connectivity index (χ1v) is 3.83. The van der Waals surface area contributed by atoms with Crippen molar-refractivity contribution in [3.63, 3.8) is 0 Å². The Bertz CT molecular complexity index is 278. The largest absolute Gasteiger partial charge is 0.500 e. The number of aromatic nitrogens is 2. The molecule has 0 fully saturated rings. The quantitative estimate of drug-likeness (QED) is 0.689. The van der Waals surface area contributed by atoms with E-state index in [9.17, 15) is 0 Å². The molecular weight excluding hydrogens is 154 g/mol. The molecule has 0 radical (unpaired) electrons. The van der Waals surface area contributed by atoms with E-state index in [1.54, 1.807) is 23.3 Å². The molecule has 66 valence electrons. The van der Waals surface area contributed by atoms with Crippen LogP contribution < -0.4 is 5.73 Å². The molecule has 0 aliphatic rings. The van der Waals surface area contributed by atoms with Crippen molar-refractivity contribution >= 4 is 12.0 Å². The Balaban J connectivity index is 2.69. The fourth-order valence-electron chi connectivity index (χ4n) is 0.774. The van der Waals surface area contributed by atoms with Crippen molar-refractivity contribution in [2.45, 2.75) is 13.8 Å². The Labute approximate surface area is 71.6 Å². The number of nitrogens with zero attached hydrogens (tertiary/aromatic N) is 2. The molecule has 0 bridgehead atoms. The minimum absolute atomic E-state index is 0.644. The van der Waals surface area contributed by atoms with Gasteiger partial charge >= 0.3 is 0 Å². The maximum atomic E-state index is 5.68.